The van der Waals surface area contributed by atoms with E-state index in [4.69, 9.17) is 14.2 Å². The van der Waals surface area contributed by atoms with Crippen LogP contribution in [0.4, 0.5) is 5.69 Å². The molecule has 2 aromatic carbocycles. The molecular weight excluding hydrogens is 530 g/mol. The lowest BCUT2D eigenvalue weighted by Crippen LogP contribution is -2.28. The SMILES string of the molecule is COCCNC(=O)c1nn(-c2ccc(OC)cc2)c(Oc2ccc([N+](=O)[O-])cc2S(=O)(=O)N2CCCC2)c1C. The molecule has 0 saturated carbocycles. The van der Waals surface area contributed by atoms with Gasteiger partial charge >= 0.3 is 0 Å². The molecule has 1 aliphatic heterocycles. The van der Waals surface area contributed by atoms with Crippen LogP contribution in [0.3, 0.4) is 0 Å². The Morgan fingerprint density at radius 3 is 2.44 bits per heavy atom. The predicted molar refractivity (Wildman–Crippen MR) is 140 cm³/mol. The summed E-state index contributed by atoms with van der Waals surface area (Å²) in [5.41, 5.74) is 0.515. The van der Waals surface area contributed by atoms with Gasteiger partial charge in [0.2, 0.25) is 15.9 Å². The van der Waals surface area contributed by atoms with Crippen LogP contribution in [-0.2, 0) is 14.8 Å². The lowest BCUT2D eigenvalue weighted by atomic mass is 10.2. The van der Waals surface area contributed by atoms with E-state index in [1.165, 1.54) is 35.3 Å². The Morgan fingerprint density at radius 1 is 1.13 bits per heavy atom. The molecule has 1 amide bonds. The average molecular weight is 560 g/mol. The Bertz CT molecular complexity index is 1460. The molecule has 0 unspecified atom stereocenters. The van der Waals surface area contributed by atoms with E-state index in [1.807, 2.05) is 0 Å². The van der Waals surface area contributed by atoms with Crippen LogP contribution in [-0.4, -0.2) is 73.8 Å². The minimum absolute atomic E-state index is 0.0581. The number of nitro benzene ring substituents is 1. The van der Waals surface area contributed by atoms with E-state index >= 15 is 0 Å². The van der Waals surface area contributed by atoms with Gasteiger partial charge in [0, 0.05) is 44.4 Å². The van der Waals surface area contributed by atoms with E-state index < -0.39 is 26.5 Å². The van der Waals surface area contributed by atoms with Crippen molar-refractivity contribution in [3.05, 3.63) is 63.8 Å². The van der Waals surface area contributed by atoms with E-state index in [0.717, 1.165) is 6.07 Å². The summed E-state index contributed by atoms with van der Waals surface area (Å²) in [5, 5.41) is 18.7. The second kappa shape index (κ2) is 11.8. The summed E-state index contributed by atoms with van der Waals surface area (Å²) in [6, 6.07) is 10.2. The highest BCUT2D eigenvalue weighted by molar-refractivity contribution is 7.89. The van der Waals surface area contributed by atoms with Crippen molar-refractivity contribution in [2.75, 3.05) is 40.5 Å². The Balaban J connectivity index is 1.83. The molecule has 3 aromatic rings. The van der Waals surface area contributed by atoms with Gasteiger partial charge < -0.3 is 19.5 Å². The predicted octanol–water partition coefficient (Wildman–Crippen LogP) is 3.05. The summed E-state index contributed by atoms with van der Waals surface area (Å²) in [6.07, 6.45) is 1.38. The Labute approximate surface area is 225 Å². The number of benzene rings is 2. The maximum atomic E-state index is 13.5. The summed E-state index contributed by atoms with van der Waals surface area (Å²) >= 11 is 0. The fourth-order valence-electron chi connectivity index (χ4n) is 4.13. The minimum Gasteiger partial charge on any atom is -0.497 e. The number of hydrogen-bond acceptors (Lipinski definition) is 9. The first-order chi connectivity index (χ1) is 18.7. The van der Waals surface area contributed by atoms with E-state index in [1.54, 1.807) is 31.2 Å². The van der Waals surface area contributed by atoms with Crippen LogP contribution in [0.25, 0.3) is 5.69 Å². The first kappa shape index (κ1) is 28.0. The zero-order valence-electron chi connectivity index (χ0n) is 21.7. The van der Waals surface area contributed by atoms with Crippen LogP contribution in [0.5, 0.6) is 17.4 Å². The molecular formula is C25H29N5O8S. The highest BCUT2D eigenvalue weighted by atomic mass is 32.2. The van der Waals surface area contributed by atoms with Gasteiger partial charge in [-0.05, 0) is 50.1 Å². The van der Waals surface area contributed by atoms with Gasteiger partial charge in [-0.3, -0.25) is 14.9 Å². The van der Waals surface area contributed by atoms with Gasteiger partial charge in [0.05, 0.1) is 24.3 Å². The fraction of sp³-hybridized carbons (Fsp3) is 0.360. The van der Waals surface area contributed by atoms with Crippen LogP contribution >= 0.6 is 0 Å². The van der Waals surface area contributed by atoms with Crippen molar-refractivity contribution in [2.45, 2.75) is 24.7 Å². The molecule has 1 saturated heterocycles. The number of carbonyl (C=O) groups excluding carboxylic acids is 1. The van der Waals surface area contributed by atoms with Crippen LogP contribution < -0.4 is 14.8 Å². The van der Waals surface area contributed by atoms with Gasteiger partial charge in [-0.25, -0.2) is 8.42 Å². The number of nitro groups is 1. The first-order valence-electron chi connectivity index (χ1n) is 12.1. The van der Waals surface area contributed by atoms with E-state index in [-0.39, 0.29) is 28.8 Å². The molecule has 39 heavy (non-hydrogen) atoms. The van der Waals surface area contributed by atoms with Gasteiger partial charge in [-0.1, -0.05) is 0 Å². The molecule has 13 nitrogen and oxygen atoms in total. The molecule has 1 aromatic heterocycles. The number of sulfonamides is 1. The maximum Gasteiger partial charge on any atom is 0.272 e. The third-order valence-corrected chi connectivity index (χ3v) is 8.14. The third kappa shape index (κ3) is 5.87. The summed E-state index contributed by atoms with van der Waals surface area (Å²) in [7, 11) is -1.06. The maximum absolute atomic E-state index is 13.5. The van der Waals surface area contributed by atoms with Gasteiger partial charge in [-0.15, -0.1) is 0 Å². The molecule has 4 rings (SSSR count). The van der Waals surface area contributed by atoms with Crippen molar-refractivity contribution in [3.8, 4) is 23.1 Å². The van der Waals surface area contributed by atoms with Crippen LogP contribution in [0.15, 0.2) is 47.4 Å². The van der Waals surface area contributed by atoms with Crippen LogP contribution in [0.1, 0.15) is 28.9 Å². The molecule has 1 fully saturated rings. The monoisotopic (exact) mass is 559 g/mol. The zero-order chi connectivity index (χ0) is 28.2. The van der Waals surface area contributed by atoms with Gasteiger partial charge in [0.25, 0.3) is 11.6 Å². The number of methoxy groups -OCH3 is 2. The molecule has 0 atom stereocenters. The second-order valence-corrected chi connectivity index (χ2v) is 10.6. The highest BCUT2D eigenvalue weighted by Gasteiger charge is 2.33. The molecule has 0 radical (unpaired) electrons. The van der Waals surface area contributed by atoms with Crippen molar-refractivity contribution in [3.63, 3.8) is 0 Å². The number of carbonyl (C=O) groups is 1. The average Bonchev–Trinajstić information content (AvgIpc) is 3.58. The lowest BCUT2D eigenvalue weighted by molar-refractivity contribution is -0.385. The van der Waals surface area contributed by atoms with Crippen molar-refractivity contribution in [1.82, 2.24) is 19.4 Å². The second-order valence-electron chi connectivity index (χ2n) is 8.74. The molecule has 1 aliphatic rings. The van der Waals surface area contributed by atoms with Crippen molar-refractivity contribution in [2.24, 2.45) is 0 Å². The lowest BCUT2D eigenvalue weighted by Gasteiger charge is -2.18. The number of hydrogen-bond donors (Lipinski definition) is 1. The Hall–Kier alpha value is -4.01. The molecule has 2 heterocycles. The molecule has 14 heteroatoms. The Kier molecular flexibility index (Phi) is 8.47. The summed E-state index contributed by atoms with van der Waals surface area (Å²) in [4.78, 5) is 23.4. The zero-order valence-corrected chi connectivity index (χ0v) is 22.6. The van der Waals surface area contributed by atoms with E-state index in [9.17, 15) is 23.3 Å². The normalized spacial score (nSPS) is 13.8. The highest BCUT2D eigenvalue weighted by Crippen LogP contribution is 2.37. The molecule has 0 bridgehead atoms. The summed E-state index contributed by atoms with van der Waals surface area (Å²) < 4.78 is 46.0. The summed E-state index contributed by atoms with van der Waals surface area (Å²) in [5.74, 6) is 0.0626. The van der Waals surface area contributed by atoms with Crippen molar-refractivity contribution < 1.29 is 32.3 Å². The van der Waals surface area contributed by atoms with Gasteiger partial charge in [0.1, 0.15) is 16.4 Å². The number of rotatable bonds is 11. The number of amides is 1. The fourth-order valence-corrected chi connectivity index (χ4v) is 5.78. The van der Waals surface area contributed by atoms with E-state index in [0.29, 0.717) is 49.5 Å². The molecule has 0 aliphatic carbocycles. The quantitative estimate of drug-likeness (QED) is 0.212. The van der Waals surface area contributed by atoms with Crippen molar-refractivity contribution >= 4 is 21.6 Å². The third-order valence-electron chi connectivity index (χ3n) is 6.22. The molecule has 208 valence electrons. The first-order valence-corrected chi connectivity index (χ1v) is 13.6. The smallest absolute Gasteiger partial charge is 0.272 e. The largest absolute Gasteiger partial charge is 0.497 e. The standard InChI is InChI=1S/C25H29N5O8S/c1-17-23(24(31)26-12-15-36-2)27-29(18-6-9-20(37-3)10-7-18)25(17)38-21-11-8-19(30(32)33)16-22(21)39(34,35)28-13-4-5-14-28/h6-11,16H,4-5,12-15H2,1-3H3,(H,26,31). The van der Waals surface area contributed by atoms with Crippen LogP contribution in [0.2, 0.25) is 0 Å². The molecule has 0 spiro atoms. The topological polar surface area (TPSA) is 155 Å². The Morgan fingerprint density at radius 2 is 1.82 bits per heavy atom. The number of nitrogens with zero attached hydrogens (tertiary/aromatic N) is 4. The number of aromatic nitrogens is 2. The van der Waals surface area contributed by atoms with Crippen molar-refractivity contribution in [1.29, 1.82) is 0 Å². The van der Waals surface area contributed by atoms with Crippen LogP contribution in [0, 0.1) is 17.0 Å². The van der Waals surface area contributed by atoms with E-state index in [2.05, 4.69) is 10.4 Å². The van der Waals surface area contributed by atoms with Gasteiger partial charge in [0.15, 0.2) is 5.69 Å². The molecule has 1 N–H and O–H groups in total. The van der Waals surface area contributed by atoms with Gasteiger partial charge in [-0.2, -0.15) is 14.1 Å². The number of nitrogens with one attached hydrogen (secondary N) is 1. The summed E-state index contributed by atoms with van der Waals surface area (Å²) in [6.45, 7) is 2.78. The number of non-ortho nitro benzene ring substituents is 1. The minimum atomic E-state index is -4.10. The number of ether oxygens (including phenoxy) is 3.